The van der Waals surface area contributed by atoms with Crippen molar-refractivity contribution in [2.45, 2.75) is 45.0 Å². The second-order valence-corrected chi connectivity index (χ2v) is 11.4. The van der Waals surface area contributed by atoms with E-state index >= 15 is 0 Å². The van der Waals surface area contributed by atoms with Gasteiger partial charge in [0.1, 0.15) is 12.4 Å². The van der Waals surface area contributed by atoms with Gasteiger partial charge in [-0.3, -0.25) is 0 Å². The van der Waals surface area contributed by atoms with Crippen molar-refractivity contribution >= 4 is 5.69 Å². The van der Waals surface area contributed by atoms with Gasteiger partial charge in [0.15, 0.2) is 0 Å². The van der Waals surface area contributed by atoms with Gasteiger partial charge >= 0.3 is 0 Å². The lowest BCUT2D eigenvalue weighted by molar-refractivity contribution is -0.0106. The van der Waals surface area contributed by atoms with Crippen molar-refractivity contribution in [3.63, 3.8) is 0 Å². The summed E-state index contributed by atoms with van der Waals surface area (Å²) >= 11 is 0. The molecule has 2 heterocycles. The topological polar surface area (TPSA) is 70.7 Å². The number of nitrogens with zero attached hydrogens (tertiary/aromatic N) is 1. The molecule has 0 aromatic heterocycles. The Kier molecular flexibility index (Phi) is 13.2. The average molecular weight is 571 g/mol. The molecule has 1 N–H and O–H groups in total. The maximum Gasteiger partial charge on any atom is 0.142 e. The summed E-state index contributed by atoms with van der Waals surface area (Å²) in [7, 11) is 5.26. The molecule has 41 heavy (non-hydrogen) atoms. The van der Waals surface area contributed by atoms with Crippen molar-refractivity contribution in [3.05, 3.63) is 59.2 Å². The van der Waals surface area contributed by atoms with Crippen molar-refractivity contribution in [1.29, 1.82) is 0 Å². The minimum atomic E-state index is 0.0627. The molecule has 8 nitrogen and oxygen atoms in total. The largest absolute Gasteiger partial charge is 0.490 e. The number of methoxy groups -OCH3 is 3. The molecule has 228 valence electrons. The van der Waals surface area contributed by atoms with Gasteiger partial charge < -0.3 is 38.6 Å². The number of rotatable bonds is 17. The van der Waals surface area contributed by atoms with Crippen LogP contribution in [0.25, 0.3) is 0 Å². The van der Waals surface area contributed by atoms with Crippen LogP contribution in [0, 0.1) is 11.8 Å². The van der Waals surface area contributed by atoms with Crippen molar-refractivity contribution in [2.24, 2.45) is 11.8 Å². The Hall–Kier alpha value is -2.20. The quantitative estimate of drug-likeness (QED) is 0.276. The summed E-state index contributed by atoms with van der Waals surface area (Å²) in [6.07, 6.45) is 2.04. The van der Waals surface area contributed by atoms with Crippen LogP contribution in [-0.2, 0) is 36.9 Å². The predicted molar refractivity (Wildman–Crippen MR) is 162 cm³/mol. The van der Waals surface area contributed by atoms with Crippen molar-refractivity contribution < 1.29 is 28.4 Å². The van der Waals surface area contributed by atoms with E-state index in [2.05, 4.69) is 59.6 Å². The van der Waals surface area contributed by atoms with Crippen LogP contribution in [0.4, 0.5) is 5.69 Å². The first kappa shape index (κ1) is 31.7. The molecule has 8 heteroatoms. The van der Waals surface area contributed by atoms with Crippen molar-refractivity contribution in [2.75, 3.05) is 85.4 Å². The molecule has 2 aliphatic heterocycles. The zero-order valence-electron chi connectivity index (χ0n) is 25.4. The van der Waals surface area contributed by atoms with Crippen molar-refractivity contribution in [3.8, 4) is 5.75 Å². The maximum absolute atomic E-state index is 6.70. The highest BCUT2D eigenvalue weighted by atomic mass is 16.5. The Morgan fingerprint density at radius 3 is 2.51 bits per heavy atom. The highest BCUT2D eigenvalue weighted by Crippen LogP contribution is 2.36. The predicted octanol–water partition coefficient (Wildman–Crippen LogP) is 4.65. The number of hydrogen-bond donors (Lipinski definition) is 1. The zero-order valence-corrected chi connectivity index (χ0v) is 25.4. The minimum Gasteiger partial charge on any atom is -0.490 e. The second-order valence-electron chi connectivity index (χ2n) is 11.4. The van der Waals surface area contributed by atoms with Crippen LogP contribution in [0.5, 0.6) is 5.75 Å². The molecule has 0 aliphatic carbocycles. The number of anilines is 1. The Bertz CT molecular complexity index is 1020. The lowest BCUT2D eigenvalue weighted by atomic mass is 9.77. The van der Waals surface area contributed by atoms with E-state index in [9.17, 15) is 0 Å². The fraction of sp³-hybridized carbons (Fsp3) is 0.636. The molecular weight excluding hydrogens is 520 g/mol. The van der Waals surface area contributed by atoms with E-state index in [1.807, 2.05) is 0 Å². The van der Waals surface area contributed by atoms with Crippen LogP contribution >= 0.6 is 0 Å². The fourth-order valence-electron chi connectivity index (χ4n) is 5.96. The van der Waals surface area contributed by atoms with Crippen LogP contribution in [0.1, 0.15) is 42.4 Å². The van der Waals surface area contributed by atoms with Crippen LogP contribution in [0.2, 0.25) is 0 Å². The van der Waals surface area contributed by atoms with E-state index in [0.29, 0.717) is 44.9 Å². The van der Waals surface area contributed by atoms with E-state index in [1.54, 1.807) is 21.3 Å². The summed E-state index contributed by atoms with van der Waals surface area (Å²) < 4.78 is 34.5. The first-order valence-electron chi connectivity index (χ1n) is 15.1. The van der Waals surface area contributed by atoms with E-state index in [0.717, 1.165) is 63.7 Å². The molecule has 2 unspecified atom stereocenters. The van der Waals surface area contributed by atoms with E-state index < -0.39 is 0 Å². The third-order valence-corrected chi connectivity index (χ3v) is 8.06. The normalized spacial score (nSPS) is 21.4. The number of benzene rings is 2. The third kappa shape index (κ3) is 9.40. The highest BCUT2D eigenvalue weighted by Gasteiger charge is 2.35. The van der Waals surface area contributed by atoms with Crippen LogP contribution in [0.3, 0.4) is 0 Å². The average Bonchev–Trinajstić information content (AvgIpc) is 2.99. The molecular formula is C33H50N2O6. The van der Waals surface area contributed by atoms with Crippen LogP contribution < -0.4 is 15.0 Å². The second kappa shape index (κ2) is 17.0. The molecule has 0 radical (unpaired) electrons. The van der Waals surface area contributed by atoms with E-state index in [4.69, 9.17) is 28.4 Å². The fourth-order valence-corrected chi connectivity index (χ4v) is 5.96. The summed E-state index contributed by atoms with van der Waals surface area (Å²) in [6.45, 7) is 10.6. The Labute approximate surface area is 246 Å². The van der Waals surface area contributed by atoms with Gasteiger partial charge in [0.2, 0.25) is 0 Å². The van der Waals surface area contributed by atoms with E-state index in [1.165, 1.54) is 16.7 Å². The zero-order chi connectivity index (χ0) is 28.9. The third-order valence-electron chi connectivity index (χ3n) is 8.06. The Balaban J connectivity index is 1.42. The summed E-state index contributed by atoms with van der Waals surface area (Å²) in [5.41, 5.74) is 4.82. The van der Waals surface area contributed by atoms with Gasteiger partial charge in [0, 0.05) is 59.5 Å². The molecule has 2 aromatic carbocycles. The molecule has 2 aliphatic rings. The molecule has 1 saturated heterocycles. The molecule has 0 bridgehead atoms. The first-order chi connectivity index (χ1) is 20.1. The number of fused-ring (bicyclic) bond motifs is 1. The molecule has 4 atom stereocenters. The molecule has 2 aromatic rings. The Morgan fingerprint density at radius 2 is 1.73 bits per heavy atom. The van der Waals surface area contributed by atoms with Crippen LogP contribution in [0.15, 0.2) is 42.5 Å². The number of nitrogens with one attached hydrogen (secondary N) is 1. The van der Waals surface area contributed by atoms with E-state index in [-0.39, 0.29) is 12.0 Å². The summed E-state index contributed by atoms with van der Waals surface area (Å²) in [5.74, 6) is 2.05. The molecule has 4 rings (SSSR count). The first-order valence-corrected chi connectivity index (χ1v) is 15.1. The molecule has 0 saturated carbocycles. The lowest BCUT2D eigenvalue weighted by Crippen LogP contribution is -2.47. The Morgan fingerprint density at radius 1 is 0.927 bits per heavy atom. The molecule has 0 spiro atoms. The standard InChI is InChI=1S/C33H50N2O6/c1-25(21-38-4)22-39-23-26-6-9-28(10-7-26)33-29(12-16-37-3)19-34-20-32(33)41-24-27-8-11-31-30(18-27)35(14-17-40-31)13-5-15-36-2/h6-11,18,25,29,32-34H,5,12-17,19-24H2,1-4H3/t25-,29?,32-,33?/m0/s1. The van der Waals surface area contributed by atoms with Gasteiger partial charge in [-0.2, -0.15) is 0 Å². The monoisotopic (exact) mass is 570 g/mol. The SMILES string of the molecule is COCCCN1CCOc2ccc(CO[C@H]3CNCC(CCOC)C3c3ccc(COC[C@@H](C)COC)cc3)cc21. The van der Waals surface area contributed by atoms with Gasteiger partial charge in [-0.15, -0.1) is 0 Å². The van der Waals surface area contributed by atoms with Gasteiger partial charge in [-0.25, -0.2) is 0 Å². The van der Waals surface area contributed by atoms with Gasteiger partial charge in [0.25, 0.3) is 0 Å². The summed E-state index contributed by atoms with van der Waals surface area (Å²) in [6, 6.07) is 15.4. The highest BCUT2D eigenvalue weighted by molar-refractivity contribution is 5.61. The number of hydrogen-bond acceptors (Lipinski definition) is 8. The molecule has 1 fully saturated rings. The minimum absolute atomic E-state index is 0.0627. The van der Waals surface area contributed by atoms with Gasteiger partial charge in [-0.1, -0.05) is 37.3 Å². The van der Waals surface area contributed by atoms with Crippen molar-refractivity contribution in [1.82, 2.24) is 5.32 Å². The number of ether oxygens (including phenoxy) is 6. The number of piperidine rings is 1. The summed E-state index contributed by atoms with van der Waals surface area (Å²) in [5, 5.41) is 3.62. The molecule has 0 amide bonds. The van der Waals surface area contributed by atoms with Crippen LogP contribution in [-0.4, -0.2) is 86.6 Å². The van der Waals surface area contributed by atoms with Gasteiger partial charge in [-0.05, 0) is 54.1 Å². The lowest BCUT2D eigenvalue weighted by Gasteiger charge is -2.39. The smallest absolute Gasteiger partial charge is 0.142 e. The maximum atomic E-state index is 6.70. The summed E-state index contributed by atoms with van der Waals surface area (Å²) in [4.78, 5) is 2.40. The van der Waals surface area contributed by atoms with Gasteiger partial charge in [0.05, 0.1) is 44.8 Å².